The first kappa shape index (κ1) is 18.3. The van der Waals surface area contributed by atoms with Gasteiger partial charge >= 0.3 is 12.1 Å². The quantitative estimate of drug-likeness (QED) is 0.802. The van der Waals surface area contributed by atoms with Gasteiger partial charge in [0.25, 0.3) is 0 Å². The van der Waals surface area contributed by atoms with Crippen molar-refractivity contribution in [2.24, 2.45) is 0 Å². The van der Waals surface area contributed by atoms with Crippen LogP contribution in [-0.2, 0) is 11.3 Å². The van der Waals surface area contributed by atoms with Gasteiger partial charge in [0.1, 0.15) is 5.75 Å². The Kier molecular flexibility index (Phi) is 5.87. The zero-order valence-electron chi connectivity index (χ0n) is 13.0. The fraction of sp³-hybridized carbons (Fsp3) is 0.467. The van der Waals surface area contributed by atoms with Crippen LogP contribution in [0.2, 0.25) is 0 Å². The van der Waals surface area contributed by atoms with E-state index in [9.17, 15) is 18.0 Å². The van der Waals surface area contributed by atoms with Crippen LogP contribution in [0.4, 0.5) is 13.2 Å². The fourth-order valence-corrected chi connectivity index (χ4v) is 2.60. The molecular formula is C15H18F3N3O2S. The van der Waals surface area contributed by atoms with Gasteiger partial charge in [-0.1, -0.05) is 12.1 Å². The second-order valence-corrected chi connectivity index (χ2v) is 5.80. The molecule has 1 saturated heterocycles. The van der Waals surface area contributed by atoms with Crippen molar-refractivity contribution in [3.8, 4) is 5.75 Å². The van der Waals surface area contributed by atoms with Gasteiger partial charge in [0, 0.05) is 25.7 Å². The van der Waals surface area contributed by atoms with Crippen molar-refractivity contribution in [2.45, 2.75) is 25.2 Å². The maximum atomic E-state index is 12.2. The third-order valence-corrected chi connectivity index (χ3v) is 4.07. The molecule has 1 aliphatic rings. The summed E-state index contributed by atoms with van der Waals surface area (Å²) in [5, 5.41) is 5.50. The number of rotatable bonds is 4. The number of likely N-dealkylation sites (tertiary alicyclic amines) is 1. The molecule has 1 aromatic rings. The summed E-state index contributed by atoms with van der Waals surface area (Å²) in [4.78, 5) is 12.7. The van der Waals surface area contributed by atoms with E-state index in [1.807, 2.05) is 29.6 Å². The molecule has 1 amide bonds. The van der Waals surface area contributed by atoms with Gasteiger partial charge in [0.15, 0.2) is 5.11 Å². The van der Waals surface area contributed by atoms with Crippen LogP contribution in [0.3, 0.4) is 0 Å². The number of benzene rings is 1. The number of ether oxygens (including phenoxy) is 1. The summed E-state index contributed by atoms with van der Waals surface area (Å²) in [6.07, 6.45) is -4.44. The predicted molar refractivity (Wildman–Crippen MR) is 86.6 cm³/mol. The van der Waals surface area contributed by atoms with Crippen LogP contribution in [0, 0.1) is 0 Å². The van der Waals surface area contributed by atoms with E-state index >= 15 is 0 Å². The van der Waals surface area contributed by atoms with E-state index in [1.165, 1.54) is 0 Å². The first-order valence-corrected chi connectivity index (χ1v) is 7.74. The van der Waals surface area contributed by atoms with E-state index in [1.54, 1.807) is 12.0 Å². The lowest BCUT2D eigenvalue weighted by molar-refractivity contribution is -0.174. The van der Waals surface area contributed by atoms with E-state index in [-0.39, 0.29) is 6.54 Å². The second kappa shape index (κ2) is 7.69. The van der Waals surface area contributed by atoms with Gasteiger partial charge in [0.05, 0.1) is 7.11 Å². The van der Waals surface area contributed by atoms with E-state index in [2.05, 4.69) is 5.32 Å². The lowest BCUT2D eigenvalue weighted by Gasteiger charge is -2.21. The van der Waals surface area contributed by atoms with E-state index in [0.29, 0.717) is 24.6 Å². The molecule has 0 aromatic heterocycles. The molecule has 24 heavy (non-hydrogen) atoms. The van der Waals surface area contributed by atoms with Gasteiger partial charge in [-0.15, -0.1) is 0 Å². The van der Waals surface area contributed by atoms with Gasteiger partial charge in [-0.2, -0.15) is 13.2 Å². The molecule has 9 heteroatoms. The summed E-state index contributed by atoms with van der Waals surface area (Å²) in [6.45, 7) is 1.26. The summed E-state index contributed by atoms with van der Waals surface area (Å²) in [7, 11) is 1.59. The van der Waals surface area contributed by atoms with Gasteiger partial charge < -0.3 is 20.3 Å². The Hall–Kier alpha value is -2.03. The Morgan fingerprint density at radius 1 is 1.38 bits per heavy atom. The number of methoxy groups -OCH3 is 1. The average Bonchev–Trinajstić information content (AvgIpc) is 3.00. The Bertz CT molecular complexity index is 593. The zero-order valence-corrected chi connectivity index (χ0v) is 13.8. The van der Waals surface area contributed by atoms with Crippen LogP contribution in [0.25, 0.3) is 0 Å². The highest BCUT2D eigenvalue weighted by molar-refractivity contribution is 7.80. The lowest BCUT2D eigenvalue weighted by Crippen LogP contribution is -2.45. The molecule has 1 aromatic carbocycles. The molecule has 0 spiro atoms. The van der Waals surface area contributed by atoms with Crippen LogP contribution in [0.5, 0.6) is 5.75 Å². The summed E-state index contributed by atoms with van der Waals surface area (Å²) < 4.78 is 41.8. The molecule has 2 N–H and O–H groups in total. The molecular weight excluding hydrogens is 343 g/mol. The van der Waals surface area contributed by atoms with Gasteiger partial charge in [0.2, 0.25) is 0 Å². The third kappa shape index (κ3) is 4.98. The minimum absolute atomic E-state index is 0.260. The molecule has 0 saturated carbocycles. The summed E-state index contributed by atoms with van der Waals surface area (Å²) in [6, 6.07) is 6.90. The number of alkyl halides is 3. The molecule has 1 unspecified atom stereocenters. The number of thiocarbonyl (C=S) groups is 1. The largest absolute Gasteiger partial charge is 0.497 e. The number of nitrogens with one attached hydrogen (secondary N) is 2. The Morgan fingerprint density at radius 3 is 2.62 bits per heavy atom. The molecule has 1 aliphatic heterocycles. The molecule has 5 nitrogen and oxygen atoms in total. The number of amides is 1. The maximum absolute atomic E-state index is 12.2. The highest BCUT2D eigenvalue weighted by Crippen LogP contribution is 2.17. The van der Waals surface area contributed by atoms with Gasteiger partial charge in [-0.25, -0.2) is 0 Å². The van der Waals surface area contributed by atoms with Crippen molar-refractivity contribution in [2.75, 3.05) is 20.2 Å². The Morgan fingerprint density at radius 2 is 2.04 bits per heavy atom. The SMILES string of the molecule is COc1ccc(CNC(=S)N2CCC(NC(=O)C(F)(F)F)C2)cc1. The Balaban J connectivity index is 1.78. The molecule has 0 aliphatic carbocycles. The monoisotopic (exact) mass is 361 g/mol. The van der Waals surface area contributed by atoms with Crippen LogP contribution in [-0.4, -0.2) is 48.3 Å². The Labute approximate surface area is 143 Å². The number of hydrogen-bond acceptors (Lipinski definition) is 3. The van der Waals surface area contributed by atoms with Crippen LogP contribution >= 0.6 is 12.2 Å². The first-order chi connectivity index (χ1) is 11.3. The molecule has 2 rings (SSSR count). The number of hydrogen-bond donors (Lipinski definition) is 2. The predicted octanol–water partition coefficient (Wildman–Crippen LogP) is 1.82. The smallest absolute Gasteiger partial charge is 0.471 e. The van der Waals surface area contributed by atoms with Crippen molar-refractivity contribution < 1.29 is 22.7 Å². The fourth-order valence-electron chi connectivity index (χ4n) is 2.36. The summed E-state index contributed by atoms with van der Waals surface area (Å²) in [5.41, 5.74) is 0.999. The van der Waals surface area contributed by atoms with Crippen LogP contribution < -0.4 is 15.4 Å². The zero-order chi connectivity index (χ0) is 17.7. The molecule has 0 bridgehead atoms. The lowest BCUT2D eigenvalue weighted by atomic mass is 10.2. The maximum Gasteiger partial charge on any atom is 0.471 e. The number of carbonyl (C=O) groups is 1. The number of nitrogens with zero attached hydrogens (tertiary/aromatic N) is 1. The van der Waals surface area contributed by atoms with Crippen molar-refractivity contribution in [1.82, 2.24) is 15.5 Å². The van der Waals surface area contributed by atoms with Crippen molar-refractivity contribution in [1.29, 1.82) is 0 Å². The average molecular weight is 361 g/mol. The van der Waals surface area contributed by atoms with Crippen molar-refractivity contribution >= 4 is 23.2 Å². The van der Waals surface area contributed by atoms with Gasteiger partial charge in [-0.05, 0) is 36.3 Å². The minimum Gasteiger partial charge on any atom is -0.497 e. The molecule has 1 heterocycles. The normalized spacial score (nSPS) is 17.5. The second-order valence-electron chi connectivity index (χ2n) is 5.41. The molecule has 132 valence electrons. The van der Waals surface area contributed by atoms with E-state index in [4.69, 9.17) is 17.0 Å². The highest BCUT2D eigenvalue weighted by atomic mass is 32.1. The standard InChI is InChI=1S/C15H18F3N3O2S/c1-23-12-4-2-10(3-5-12)8-19-14(24)21-7-6-11(9-21)20-13(22)15(16,17)18/h2-5,11H,6-9H2,1H3,(H,19,24)(H,20,22). The first-order valence-electron chi connectivity index (χ1n) is 7.33. The molecule has 1 fully saturated rings. The number of carbonyl (C=O) groups excluding carboxylic acids is 1. The van der Waals surface area contributed by atoms with Crippen LogP contribution in [0.15, 0.2) is 24.3 Å². The summed E-state index contributed by atoms with van der Waals surface area (Å²) >= 11 is 5.26. The molecule has 1 atom stereocenters. The highest BCUT2D eigenvalue weighted by Gasteiger charge is 2.40. The van der Waals surface area contributed by atoms with Gasteiger partial charge in [-0.3, -0.25) is 4.79 Å². The van der Waals surface area contributed by atoms with Crippen molar-refractivity contribution in [3.63, 3.8) is 0 Å². The third-order valence-electron chi connectivity index (χ3n) is 3.67. The summed E-state index contributed by atoms with van der Waals surface area (Å²) in [5.74, 6) is -1.16. The van der Waals surface area contributed by atoms with E-state index in [0.717, 1.165) is 11.3 Å². The minimum atomic E-state index is -4.86. The topological polar surface area (TPSA) is 53.6 Å². The van der Waals surface area contributed by atoms with Crippen molar-refractivity contribution in [3.05, 3.63) is 29.8 Å². The number of halogens is 3. The molecule has 0 radical (unpaired) electrons. The van der Waals surface area contributed by atoms with E-state index < -0.39 is 18.1 Å². The van der Waals surface area contributed by atoms with Crippen LogP contribution in [0.1, 0.15) is 12.0 Å².